The molecule has 2 saturated heterocycles. The van der Waals surface area contributed by atoms with E-state index in [9.17, 15) is 18.8 Å². The van der Waals surface area contributed by atoms with Crippen molar-refractivity contribution in [2.45, 2.75) is 38.0 Å². The highest BCUT2D eigenvalue weighted by Crippen LogP contribution is 2.31. The number of thioether (sulfide) groups is 2. The molecular weight excluding hydrogens is 489 g/mol. The molecule has 0 bridgehead atoms. The third-order valence-electron chi connectivity index (χ3n) is 6.51. The van der Waals surface area contributed by atoms with E-state index in [0.717, 1.165) is 29.9 Å². The van der Waals surface area contributed by atoms with Crippen molar-refractivity contribution in [2.75, 3.05) is 44.4 Å². The van der Waals surface area contributed by atoms with Crippen LogP contribution >= 0.6 is 23.5 Å². The Morgan fingerprint density at radius 3 is 2.71 bits per heavy atom. The van der Waals surface area contributed by atoms with Gasteiger partial charge in [-0.15, -0.1) is 11.8 Å². The fourth-order valence-electron chi connectivity index (χ4n) is 4.76. The van der Waals surface area contributed by atoms with Crippen molar-refractivity contribution in [2.24, 2.45) is 0 Å². The number of carbonyl (C=O) groups excluding carboxylic acids is 3. The van der Waals surface area contributed by atoms with Gasteiger partial charge in [0.15, 0.2) is 0 Å². The van der Waals surface area contributed by atoms with E-state index in [0.29, 0.717) is 13.0 Å². The molecule has 1 aromatic carbocycles. The Morgan fingerprint density at radius 2 is 2.03 bits per heavy atom. The van der Waals surface area contributed by atoms with E-state index < -0.39 is 12.2 Å². The predicted octanol–water partition coefficient (Wildman–Crippen LogP) is 2.73. The second-order valence-corrected chi connectivity index (χ2v) is 11.1. The van der Waals surface area contributed by atoms with Crippen molar-refractivity contribution in [1.29, 1.82) is 0 Å². The number of likely N-dealkylation sites (N-methyl/N-ethyl adjacent to an activating group) is 1. The van der Waals surface area contributed by atoms with Crippen LogP contribution in [0.5, 0.6) is 0 Å². The SMILES string of the molecule is CSCC[C@H]1C(=O)N(CCC2=CCCS2)C[C@H]2N1C(=O)CN(C)N2C(=O)NCc1ccc(F)cc1. The Morgan fingerprint density at radius 1 is 1.26 bits per heavy atom. The quantitative estimate of drug-likeness (QED) is 0.567. The molecule has 35 heavy (non-hydrogen) atoms. The molecule has 0 unspecified atom stereocenters. The number of fused-ring (bicyclic) bond motifs is 1. The molecule has 4 amide bonds. The number of carbonyl (C=O) groups is 3. The van der Waals surface area contributed by atoms with Gasteiger partial charge in [0.25, 0.3) is 0 Å². The van der Waals surface area contributed by atoms with E-state index in [1.54, 1.807) is 45.9 Å². The van der Waals surface area contributed by atoms with Gasteiger partial charge in [-0.1, -0.05) is 18.2 Å². The number of amides is 4. The van der Waals surface area contributed by atoms with Crippen molar-refractivity contribution >= 4 is 41.4 Å². The first-order valence-corrected chi connectivity index (χ1v) is 14.2. The van der Waals surface area contributed by atoms with Crippen LogP contribution < -0.4 is 5.32 Å². The molecule has 0 spiro atoms. The lowest BCUT2D eigenvalue weighted by Crippen LogP contribution is -2.76. The summed E-state index contributed by atoms with van der Waals surface area (Å²) in [5.74, 6) is 1.31. The molecule has 190 valence electrons. The van der Waals surface area contributed by atoms with E-state index in [-0.39, 0.29) is 43.3 Å². The van der Waals surface area contributed by atoms with E-state index in [4.69, 9.17) is 0 Å². The number of piperazine rings is 1. The smallest absolute Gasteiger partial charge is 0.334 e. The fraction of sp³-hybridized carbons (Fsp3) is 0.542. The second kappa shape index (κ2) is 11.7. The maximum Gasteiger partial charge on any atom is 0.334 e. The molecule has 2 fully saturated rings. The van der Waals surface area contributed by atoms with E-state index in [1.807, 2.05) is 22.9 Å². The zero-order chi connectivity index (χ0) is 24.9. The normalized spacial score (nSPS) is 22.9. The molecule has 3 aliphatic heterocycles. The molecule has 3 heterocycles. The maximum atomic E-state index is 13.5. The summed E-state index contributed by atoms with van der Waals surface area (Å²) < 4.78 is 13.2. The summed E-state index contributed by atoms with van der Waals surface area (Å²) in [6, 6.07) is 5.02. The van der Waals surface area contributed by atoms with Crippen molar-refractivity contribution in [1.82, 2.24) is 25.1 Å². The largest absolute Gasteiger partial charge is 0.337 e. The number of nitrogens with one attached hydrogen (secondary N) is 1. The van der Waals surface area contributed by atoms with Crippen LogP contribution in [-0.2, 0) is 16.1 Å². The molecule has 4 rings (SSSR count). The number of allylic oxidation sites excluding steroid dienone is 1. The summed E-state index contributed by atoms with van der Waals surface area (Å²) in [4.78, 5) is 44.6. The molecule has 0 aromatic heterocycles. The summed E-state index contributed by atoms with van der Waals surface area (Å²) in [6.07, 6.45) is 6.02. The van der Waals surface area contributed by atoms with Crippen molar-refractivity contribution in [3.8, 4) is 0 Å². The summed E-state index contributed by atoms with van der Waals surface area (Å²) >= 11 is 3.47. The van der Waals surface area contributed by atoms with Crippen LogP contribution in [0.15, 0.2) is 35.2 Å². The Hall–Kier alpha value is -2.24. The first-order valence-electron chi connectivity index (χ1n) is 11.8. The molecule has 0 aliphatic carbocycles. The molecule has 8 nitrogen and oxygen atoms in total. The van der Waals surface area contributed by atoms with Crippen molar-refractivity contribution in [3.63, 3.8) is 0 Å². The van der Waals surface area contributed by atoms with Gasteiger partial charge in [-0.2, -0.15) is 11.8 Å². The standard InChI is InChI=1S/C24H32FN5O3S2/c1-27-16-22(31)29-20(10-13-34-2)23(32)28(11-9-19-4-3-12-35-19)15-21(29)30(27)24(33)26-14-17-5-7-18(25)8-6-17/h4-8,20-21H,3,9-16H2,1-2H3,(H,26,33)/t20-,21-/m0/s1. The number of hydrogen-bond acceptors (Lipinski definition) is 6. The Bertz CT molecular complexity index is 976. The van der Waals surface area contributed by atoms with Crippen LogP contribution in [0.3, 0.4) is 0 Å². The molecule has 1 aromatic rings. The van der Waals surface area contributed by atoms with Crippen LogP contribution in [0.25, 0.3) is 0 Å². The van der Waals surface area contributed by atoms with Gasteiger partial charge in [-0.25, -0.2) is 19.2 Å². The minimum atomic E-state index is -0.583. The van der Waals surface area contributed by atoms with Gasteiger partial charge >= 0.3 is 6.03 Å². The average Bonchev–Trinajstić information content (AvgIpc) is 3.36. The summed E-state index contributed by atoms with van der Waals surface area (Å²) in [7, 11) is 1.71. The highest BCUT2D eigenvalue weighted by molar-refractivity contribution is 8.03. The number of halogens is 1. The monoisotopic (exact) mass is 521 g/mol. The zero-order valence-electron chi connectivity index (χ0n) is 20.1. The number of rotatable bonds is 8. The summed E-state index contributed by atoms with van der Waals surface area (Å²) in [6.45, 7) is 1.09. The van der Waals surface area contributed by atoms with Gasteiger partial charge in [-0.3, -0.25) is 9.59 Å². The molecule has 3 aliphatic rings. The molecular formula is C24H32FN5O3S2. The Balaban J connectivity index is 1.53. The van der Waals surface area contributed by atoms with Crippen LogP contribution in [0.1, 0.15) is 24.8 Å². The minimum absolute atomic E-state index is 0.0209. The van der Waals surface area contributed by atoms with Gasteiger partial charge in [0.1, 0.15) is 18.0 Å². The number of benzene rings is 1. The third-order valence-corrected chi connectivity index (χ3v) is 8.33. The Labute approximate surface area is 214 Å². The predicted molar refractivity (Wildman–Crippen MR) is 137 cm³/mol. The van der Waals surface area contributed by atoms with Gasteiger partial charge in [-0.05, 0) is 53.9 Å². The second-order valence-electron chi connectivity index (χ2n) is 8.87. The van der Waals surface area contributed by atoms with Crippen molar-refractivity contribution < 1.29 is 18.8 Å². The first kappa shape index (κ1) is 25.8. The van der Waals surface area contributed by atoms with Crippen LogP contribution in [0.4, 0.5) is 9.18 Å². The zero-order valence-corrected chi connectivity index (χ0v) is 21.7. The average molecular weight is 522 g/mol. The number of hydrogen-bond donors (Lipinski definition) is 1. The highest BCUT2D eigenvalue weighted by atomic mass is 32.2. The van der Waals surface area contributed by atoms with Gasteiger partial charge in [0.2, 0.25) is 11.8 Å². The topological polar surface area (TPSA) is 76.2 Å². The van der Waals surface area contributed by atoms with Crippen LogP contribution in [0, 0.1) is 5.82 Å². The molecule has 0 radical (unpaired) electrons. The highest BCUT2D eigenvalue weighted by Gasteiger charge is 2.50. The third kappa shape index (κ3) is 5.95. The van der Waals surface area contributed by atoms with Crippen molar-refractivity contribution in [3.05, 3.63) is 46.6 Å². The fourth-order valence-corrected chi connectivity index (χ4v) is 6.19. The Kier molecular flexibility index (Phi) is 8.61. The van der Waals surface area contributed by atoms with Gasteiger partial charge in [0, 0.05) is 25.9 Å². The minimum Gasteiger partial charge on any atom is -0.337 e. The lowest BCUT2D eigenvalue weighted by molar-refractivity contribution is -0.187. The van der Waals surface area contributed by atoms with Gasteiger partial charge in [0.05, 0.1) is 13.1 Å². The lowest BCUT2D eigenvalue weighted by atomic mass is 10.0. The summed E-state index contributed by atoms with van der Waals surface area (Å²) in [5.41, 5.74) is 0.771. The number of urea groups is 1. The van der Waals surface area contributed by atoms with E-state index >= 15 is 0 Å². The van der Waals surface area contributed by atoms with E-state index in [1.165, 1.54) is 17.0 Å². The van der Waals surface area contributed by atoms with Crippen LogP contribution in [-0.4, -0.2) is 94.3 Å². The molecule has 0 saturated carbocycles. The lowest BCUT2D eigenvalue weighted by Gasteiger charge is -2.54. The molecule has 2 atom stereocenters. The van der Waals surface area contributed by atoms with Crippen LogP contribution in [0.2, 0.25) is 0 Å². The van der Waals surface area contributed by atoms with E-state index in [2.05, 4.69) is 11.4 Å². The summed E-state index contributed by atoms with van der Waals surface area (Å²) in [5, 5.41) is 6.07. The van der Waals surface area contributed by atoms with Gasteiger partial charge < -0.3 is 15.1 Å². The molecule has 1 N–H and O–H groups in total. The number of hydrazine groups is 1. The molecule has 11 heteroatoms. The number of nitrogens with zero attached hydrogens (tertiary/aromatic N) is 4. The maximum absolute atomic E-state index is 13.5. The first-order chi connectivity index (χ1) is 16.9.